The van der Waals surface area contributed by atoms with Crippen LogP contribution in [-0.2, 0) is 6.54 Å². The molecule has 2 aliphatic rings. The van der Waals surface area contributed by atoms with Crippen LogP contribution in [0, 0.1) is 23.6 Å². The van der Waals surface area contributed by atoms with Gasteiger partial charge in [-0.05, 0) is 50.3 Å². The molecule has 21 heavy (non-hydrogen) atoms. The van der Waals surface area contributed by atoms with E-state index in [1.807, 2.05) is 12.1 Å². The van der Waals surface area contributed by atoms with Crippen molar-refractivity contribution >= 4 is 0 Å². The molecule has 1 aromatic rings. The van der Waals surface area contributed by atoms with E-state index in [0.717, 1.165) is 18.0 Å². The zero-order valence-electron chi connectivity index (χ0n) is 12.3. The van der Waals surface area contributed by atoms with Crippen LogP contribution in [0.5, 0.6) is 0 Å². The minimum atomic E-state index is -0.194. The number of nitrogens with zero attached hydrogens (tertiary/aromatic N) is 1. The highest BCUT2D eigenvalue weighted by Crippen LogP contribution is 2.37. The Hall–Kier alpha value is -1.37. The Labute approximate surface area is 126 Å². The van der Waals surface area contributed by atoms with E-state index in [2.05, 4.69) is 16.7 Å². The largest absolute Gasteiger partial charge is 0.384 e. The lowest BCUT2D eigenvalue weighted by molar-refractivity contribution is 0.104. The highest BCUT2D eigenvalue weighted by molar-refractivity contribution is 5.37. The van der Waals surface area contributed by atoms with Crippen LogP contribution < -0.4 is 0 Å². The third kappa shape index (κ3) is 3.28. The highest BCUT2D eigenvalue weighted by Gasteiger charge is 2.34. The molecule has 3 heteroatoms. The van der Waals surface area contributed by atoms with Crippen LogP contribution in [0.15, 0.2) is 18.2 Å². The van der Waals surface area contributed by atoms with Crippen LogP contribution in [0.3, 0.4) is 0 Å². The Morgan fingerprint density at radius 1 is 1.24 bits per heavy atom. The molecule has 2 atom stereocenters. The summed E-state index contributed by atoms with van der Waals surface area (Å²) in [6.45, 7) is 1.60. The lowest BCUT2D eigenvalue weighted by Gasteiger charge is -2.37. The molecule has 3 rings (SSSR count). The summed E-state index contributed by atoms with van der Waals surface area (Å²) >= 11 is 0. The van der Waals surface area contributed by atoms with Crippen molar-refractivity contribution in [2.45, 2.75) is 44.7 Å². The molecule has 0 bridgehead atoms. The Bertz CT molecular complexity index is 560. The summed E-state index contributed by atoms with van der Waals surface area (Å²) in [5, 5.41) is 8.68. The summed E-state index contributed by atoms with van der Waals surface area (Å²) in [4.78, 5) is 2.47. The topological polar surface area (TPSA) is 23.5 Å². The molecule has 2 unspecified atom stereocenters. The van der Waals surface area contributed by atoms with Crippen molar-refractivity contribution in [3.8, 4) is 11.8 Å². The third-order valence-corrected chi connectivity index (χ3v) is 4.85. The predicted octanol–water partition coefficient (Wildman–Crippen LogP) is 2.93. The number of aliphatic hydroxyl groups excluding tert-OH is 1. The molecule has 1 saturated heterocycles. The molecule has 1 aliphatic heterocycles. The van der Waals surface area contributed by atoms with Crippen LogP contribution in [-0.4, -0.2) is 29.2 Å². The smallest absolute Gasteiger partial charge is 0.128 e. The Morgan fingerprint density at radius 3 is 2.90 bits per heavy atom. The fourth-order valence-corrected chi connectivity index (χ4v) is 3.87. The second-order valence-electron chi connectivity index (χ2n) is 6.14. The van der Waals surface area contributed by atoms with E-state index in [1.54, 1.807) is 0 Å². The van der Waals surface area contributed by atoms with Gasteiger partial charge in [-0.1, -0.05) is 24.3 Å². The van der Waals surface area contributed by atoms with Crippen molar-refractivity contribution < 1.29 is 9.50 Å². The van der Waals surface area contributed by atoms with Crippen LogP contribution in [0.4, 0.5) is 4.39 Å². The lowest BCUT2D eigenvalue weighted by atomic mass is 9.91. The first-order chi connectivity index (χ1) is 10.3. The van der Waals surface area contributed by atoms with E-state index in [1.165, 1.54) is 38.2 Å². The molecule has 2 nitrogen and oxygen atoms in total. The molecule has 0 amide bonds. The highest BCUT2D eigenvalue weighted by atomic mass is 19.1. The number of piperidine rings is 1. The zero-order chi connectivity index (χ0) is 14.7. The molecular weight excluding hydrogens is 265 g/mol. The van der Waals surface area contributed by atoms with Crippen LogP contribution in [0.1, 0.15) is 43.2 Å². The standard InChI is InChI=1S/C18H22FNO/c19-17-12-14(4-3-11-21)8-9-16(17)13-20-10-2-6-15-5-1-7-18(15)20/h8-9,12,15,18,21H,1-2,5-7,10-11,13H2. The molecular formula is C18H22FNO. The number of aliphatic hydroxyl groups is 1. The van der Waals surface area contributed by atoms with Gasteiger partial charge in [-0.25, -0.2) is 4.39 Å². The SMILES string of the molecule is OCC#Cc1ccc(CN2CCCC3CCCC32)c(F)c1. The van der Waals surface area contributed by atoms with Crippen LogP contribution >= 0.6 is 0 Å². The van der Waals surface area contributed by atoms with Gasteiger partial charge in [-0.2, -0.15) is 0 Å². The number of halogens is 1. The van der Waals surface area contributed by atoms with E-state index in [-0.39, 0.29) is 12.4 Å². The fraction of sp³-hybridized carbons (Fsp3) is 0.556. The lowest BCUT2D eigenvalue weighted by Crippen LogP contribution is -2.42. The van der Waals surface area contributed by atoms with Crippen molar-refractivity contribution in [3.63, 3.8) is 0 Å². The maximum atomic E-state index is 14.2. The van der Waals surface area contributed by atoms with Gasteiger partial charge in [0.05, 0.1) is 0 Å². The second-order valence-corrected chi connectivity index (χ2v) is 6.14. The molecule has 0 aromatic heterocycles. The summed E-state index contributed by atoms with van der Waals surface area (Å²) in [5.74, 6) is 5.95. The second kappa shape index (κ2) is 6.60. The van der Waals surface area contributed by atoms with E-state index >= 15 is 0 Å². The molecule has 1 N–H and O–H groups in total. The summed E-state index contributed by atoms with van der Waals surface area (Å²) in [6.07, 6.45) is 6.53. The third-order valence-electron chi connectivity index (χ3n) is 4.85. The van der Waals surface area contributed by atoms with E-state index in [9.17, 15) is 4.39 Å². The van der Waals surface area contributed by atoms with Gasteiger partial charge in [0, 0.05) is 23.7 Å². The van der Waals surface area contributed by atoms with E-state index in [4.69, 9.17) is 5.11 Å². The van der Waals surface area contributed by atoms with Gasteiger partial charge in [-0.15, -0.1) is 0 Å². The first-order valence-corrected chi connectivity index (χ1v) is 7.90. The number of rotatable bonds is 2. The number of benzene rings is 1. The van der Waals surface area contributed by atoms with Gasteiger partial charge in [0.15, 0.2) is 0 Å². The maximum Gasteiger partial charge on any atom is 0.128 e. The van der Waals surface area contributed by atoms with Crippen molar-refractivity contribution in [2.24, 2.45) is 5.92 Å². The van der Waals surface area contributed by atoms with Gasteiger partial charge >= 0.3 is 0 Å². The van der Waals surface area contributed by atoms with Crippen molar-refractivity contribution in [3.05, 3.63) is 35.1 Å². The van der Waals surface area contributed by atoms with Gasteiger partial charge < -0.3 is 5.11 Å². The number of fused-ring (bicyclic) bond motifs is 1. The fourth-order valence-electron chi connectivity index (χ4n) is 3.87. The van der Waals surface area contributed by atoms with Crippen molar-refractivity contribution in [2.75, 3.05) is 13.2 Å². The Morgan fingerprint density at radius 2 is 2.10 bits per heavy atom. The molecule has 112 valence electrons. The molecule has 1 heterocycles. The normalized spacial score (nSPS) is 25.2. The summed E-state index contributed by atoms with van der Waals surface area (Å²) < 4.78 is 14.2. The summed E-state index contributed by atoms with van der Waals surface area (Å²) in [6, 6.07) is 5.83. The predicted molar refractivity (Wildman–Crippen MR) is 81.1 cm³/mol. The van der Waals surface area contributed by atoms with Gasteiger partial charge in [0.1, 0.15) is 12.4 Å². The molecule has 2 fully saturated rings. The molecule has 1 aromatic carbocycles. The Kier molecular flexibility index (Phi) is 4.57. The summed E-state index contributed by atoms with van der Waals surface area (Å²) in [5.41, 5.74) is 1.39. The monoisotopic (exact) mass is 287 g/mol. The first kappa shape index (κ1) is 14.6. The average Bonchev–Trinajstić information content (AvgIpc) is 2.97. The van der Waals surface area contributed by atoms with Crippen molar-refractivity contribution in [1.82, 2.24) is 4.90 Å². The minimum absolute atomic E-state index is 0.181. The minimum Gasteiger partial charge on any atom is -0.384 e. The number of hydrogen-bond acceptors (Lipinski definition) is 2. The molecule has 1 saturated carbocycles. The Balaban J connectivity index is 1.72. The number of likely N-dealkylation sites (tertiary alicyclic amines) is 1. The quantitative estimate of drug-likeness (QED) is 0.845. The van der Waals surface area contributed by atoms with E-state index < -0.39 is 0 Å². The van der Waals surface area contributed by atoms with E-state index in [0.29, 0.717) is 18.2 Å². The van der Waals surface area contributed by atoms with Crippen LogP contribution in [0.2, 0.25) is 0 Å². The average molecular weight is 287 g/mol. The van der Waals surface area contributed by atoms with Gasteiger partial charge in [0.25, 0.3) is 0 Å². The molecule has 0 spiro atoms. The zero-order valence-corrected chi connectivity index (χ0v) is 12.3. The van der Waals surface area contributed by atoms with Crippen LogP contribution in [0.25, 0.3) is 0 Å². The van der Waals surface area contributed by atoms with Gasteiger partial charge in [0.2, 0.25) is 0 Å². The first-order valence-electron chi connectivity index (χ1n) is 7.90. The molecule has 0 radical (unpaired) electrons. The maximum absolute atomic E-state index is 14.2. The summed E-state index contributed by atoms with van der Waals surface area (Å²) in [7, 11) is 0. The van der Waals surface area contributed by atoms with Gasteiger partial charge in [-0.3, -0.25) is 4.90 Å². The molecule has 1 aliphatic carbocycles. The van der Waals surface area contributed by atoms with Crippen molar-refractivity contribution in [1.29, 1.82) is 0 Å². The number of hydrogen-bond donors (Lipinski definition) is 1.